The van der Waals surface area contributed by atoms with Crippen molar-refractivity contribution in [3.05, 3.63) is 0 Å². The number of hydrogen-bond acceptors (Lipinski definition) is 2. The van der Waals surface area contributed by atoms with Crippen molar-refractivity contribution >= 4 is 5.91 Å². The normalized spacial score (nSPS) is 10.5. The molecule has 0 spiro atoms. The van der Waals surface area contributed by atoms with E-state index in [4.69, 9.17) is 4.74 Å². The highest BCUT2D eigenvalue weighted by molar-refractivity contribution is 5.75. The van der Waals surface area contributed by atoms with Gasteiger partial charge >= 0.3 is 0 Å². The summed E-state index contributed by atoms with van der Waals surface area (Å²) in [6.45, 7) is 10.6. The maximum Gasteiger partial charge on any atom is 0.220 e. The molecule has 104 valence electrons. The van der Waals surface area contributed by atoms with E-state index in [1.807, 2.05) is 13.8 Å². The van der Waals surface area contributed by atoms with Gasteiger partial charge in [0.2, 0.25) is 5.91 Å². The number of carbonyl (C=O) groups is 1. The molecule has 0 heterocycles. The molecule has 0 aliphatic rings. The highest BCUT2D eigenvalue weighted by Crippen LogP contribution is 2.02. The zero-order valence-corrected chi connectivity index (χ0v) is 11.2. The molecule has 3 heteroatoms. The molecule has 17 heavy (non-hydrogen) atoms. The van der Waals surface area contributed by atoms with Crippen molar-refractivity contribution in [2.75, 3.05) is 19.8 Å². The van der Waals surface area contributed by atoms with Gasteiger partial charge in [-0.05, 0) is 24.7 Å². The third kappa shape index (κ3) is 15.4. The molecule has 0 aliphatic heterocycles. The first-order chi connectivity index (χ1) is 7.52. The first-order valence-electron chi connectivity index (χ1n) is 6.36. The molecule has 1 amide bonds. The van der Waals surface area contributed by atoms with E-state index in [1.165, 1.54) is 6.42 Å². The van der Waals surface area contributed by atoms with Gasteiger partial charge < -0.3 is 10.1 Å². The maximum absolute atomic E-state index is 11.3. The molecule has 0 aliphatic carbocycles. The molecule has 0 radical (unpaired) electrons. The van der Waals surface area contributed by atoms with Gasteiger partial charge in [0.15, 0.2) is 0 Å². The number of rotatable bonds is 9. The van der Waals surface area contributed by atoms with Crippen LogP contribution < -0.4 is 5.32 Å². The van der Waals surface area contributed by atoms with Crippen LogP contribution in [0.25, 0.3) is 0 Å². The average Bonchev–Trinajstić information content (AvgIpc) is 2.14. The molecule has 0 saturated carbocycles. The number of amides is 1. The van der Waals surface area contributed by atoms with Crippen LogP contribution in [0.2, 0.25) is 0 Å². The third-order valence-corrected chi connectivity index (χ3v) is 2.23. The molecular weight excluding hydrogens is 214 g/mol. The summed E-state index contributed by atoms with van der Waals surface area (Å²) < 4.78 is 5.42. The minimum atomic E-state index is 0. The minimum Gasteiger partial charge on any atom is -0.380 e. The zero-order chi connectivity index (χ0) is 12.4. The average molecular weight is 245 g/mol. The van der Waals surface area contributed by atoms with Gasteiger partial charge in [0.25, 0.3) is 0 Å². The fourth-order valence-corrected chi connectivity index (χ4v) is 1.40. The Balaban J connectivity index is 0. The topological polar surface area (TPSA) is 38.3 Å². The predicted molar refractivity (Wildman–Crippen MR) is 74.1 cm³/mol. The Labute approximate surface area is 107 Å². The van der Waals surface area contributed by atoms with Crippen molar-refractivity contribution in [2.24, 2.45) is 11.8 Å². The van der Waals surface area contributed by atoms with Gasteiger partial charge in [0.05, 0.1) is 6.61 Å². The molecule has 0 saturated heterocycles. The summed E-state index contributed by atoms with van der Waals surface area (Å²) in [5.41, 5.74) is 0. The summed E-state index contributed by atoms with van der Waals surface area (Å²) in [6, 6.07) is 0. The first kappa shape index (κ1) is 18.8. The van der Waals surface area contributed by atoms with E-state index in [1.54, 1.807) is 0 Å². The van der Waals surface area contributed by atoms with Gasteiger partial charge in [-0.2, -0.15) is 0 Å². The molecule has 0 unspecified atom stereocenters. The summed E-state index contributed by atoms with van der Waals surface area (Å²) in [5.74, 6) is 1.29. The molecule has 0 aromatic rings. The Morgan fingerprint density at radius 3 is 2.29 bits per heavy atom. The second-order valence-electron chi connectivity index (χ2n) is 5.10. The molecule has 0 fully saturated rings. The number of carbonyl (C=O) groups excluding carboxylic acids is 1. The summed E-state index contributed by atoms with van der Waals surface area (Å²) in [4.78, 5) is 11.3. The van der Waals surface area contributed by atoms with Crippen molar-refractivity contribution in [1.82, 2.24) is 5.32 Å². The van der Waals surface area contributed by atoms with Gasteiger partial charge in [0.1, 0.15) is 0 Å². The first-order valence-corrected chi connectivity index (χ1v) is 6.36. The van der Waals surface area contributed by atoms with Gasteiger partial charge in [0, 0.05) is 19.6 Å². The van der Waals surface area contributed by atoms with Crippen LogP contribution in [0.4, 0.5) is 0 Å². The van der Waals surface area contributed by atoms with Crippen molar-refractivity contribution in [3.8, 4) is 0 Å². The second kappa shape index (κ2) is 11.9. The molecule has 0 bridgehead atoms. The quantitative estimate of drug-likeness (QED) is 0.633. The largest absolute Gasteiger partial charge is 0.380 e. The predicted octanol–water partition coefficient (Wildman–Crippen LogP) is 3.24. The zero-order valence-electron chi connectivity index (χ0n) is 11.2. The fraction of sp³-hybridized carbons (Fsp3) is 0.929. The lowest BCUT2D eigenvalue weighted by Gasteiger charge is -2.08. The highest BCUT2D eigenvalue weighted by Gasteiger charge is 2.03. The molecule has 0 aromatic carbocycles. The van der Waals surface area contributed by atoms with Crippen LogP contribution in [-0.2, 0) is 9.53 Å². The van der Waals surface area contributed by atoms with Crippen LogP contribution in [0.15, 0.2) is 0 Å². The van der Waals surface area contributed by atoms with E-state index < -0.39 is 0 Å². The van der Waals surface area contributed by atoms with Crippen molar-refractivity contribution in [2.45, 2.75) is 54.4 Å². The van der Waals surface area contributed by atoms with E-state index in [0.29, 0.717) is 25.5 Å². The highest BCUT2D eigenvalue weighted by atomic mass is 16.5. The molecule has 0 rings (SSSR count). The van der Waals surface area contributed by atoms with Gasteiger partial charge in [-0.1, -0.05) is 35.1 Å². The Morgan fingerprint density at radius 1 is 1.12 bits per heavy atom. The van der Waals surface area contributed by atoms with Crippen molar-refractivity contribution in [3.63, 3.8) is 0 Å². The number of nitrogens with one attached hydrogen (secondary N) is 1. The SMILES string of the molecule is C.CC(C)CCCOCCNC(=O)CC(C)C. The van der Waals surface area contributed by atoms with E-state index in [2.05, 4.69) is 19.2 Å². The number of hydrogen-bond donors (Lipinski definition) is 1. The third-order valence-electron chi connectivity index (χ3n) is 2.23. The van der Waals surface area contributed by atoms with Crippen LogP contribution in [0.5, 0.6) is 0 Å². The minimum absolute atomic E-state index is 0. The number of ether oxygens (including phenoxy) is 1. The molecule has 3 nitrogen and oxygen atoms in total. The Bertz CT molecular complexity index is 179. The Kier molecular flexibility index (Phi) is 13.2. The summed E-state index contributed by atoms with van der Waals surface area (Å²) in [7, 11) is 0. The van der Waals surface area contributed by atoms with E-state index in [-0.39, 0.29) is 13.3 Å². The van der Waals surface area contributed by atoms with Gasteiger partial charge in [-0.25, -0.2) is 0 Å². The molecule has 1 N–H and O–H groups in total. The lowest BCUT2D eigenvalue weighted by atomic mass is 10.1. The molecular formula is C14H31NO2. The van der Waals surface area contributed by atoms with Crippen molar-refractivity contribution < 1.29 is 9.53 Å². The van der Waals surface area contributed by atoms with E-state index in [0.717, 1.165) is 18.9 Å². The fourth-order valence-electron chi connectivity index (χ4n) is 1.40. The van der Waals surface area contributed by atoms with Crippen molar-refractivity contribution in [1.29, 1.82) is 0 Å². The van der Waals surface area contributed by atoms with Crippen LogP contribution >= 0.6 is 0 Å². The Hall–Kier alpha value is -0.570. The summed E-state index contributed by atoms with van der Waals surface area (Å²) in [6.07, 6.45) is 2.92. The van der Waals surface area contributed by atoms with Crippen LogP contribution in [0.3, 0.4) is 0 Å². The van der Waals surface area contributed by atoms with E-state index >= 15 is 0 Å². The summed E-state index contributed by atoms with van der Waals surface area (Å²) >= 11 is 0. The van der Waals surface area contributed by atoms with Gasteiger partial charge in [-0.3, -0.25) is 4.79 Å². The van der Waals surface area contributed by atoms with E-state index in [9.17, 15) is 4.79 Å². The van der Waals surface area contributed by atoms with Crippen LogP contribution in [-0.4, -0.2) is 25.7 Å². The van der Waals surface area contributed by atoms with Gasteiger partial charge in [-0.15, -0.1) is 0 Å². The summed E-state index contributed by atoms with van der Waals surface area (Å²) in [5, 5.41) is 2.85. The smallest absolute Gasteiger partial charge is 0.220 e. The Morgan fingerprint density at radius 2 is 1.76 bits per heavy atom. The lowest BCUT2D eigenvalue weighted by Crippen LogP contribution is -2.28. The van der Waals surface area contributed by atoms with Crippen LogP contribution in [0.1, 0.15) is 54.4 Å². The monoisotopic (exact) mass is 245 g/mol. The standard InChI is InChI=1S/C13H27NO2.CH4/c1-11(2)6-5-8-16-9-7-14-13(15)10-12(3)4;/h11-12H,5-10H2,1-4H3,(H,14,15);1H4. The van der Waals surface area contributed by atoms with Crippen LogP contribution in [0, 0.1) is 11.8 Å². The second-order valence-corrected chi connectivity index (χ2v) is 5.10. The lowest BCUT2D eigenvalue weighted by molar-refractivity contribution is -0.122. The maximum atomic E-state index is 11.3. The molecule has 0 aromatic heterocycles. The molecule has 0 atom stereocenters.